The van der Waals surface area contributed by atoms with E-state index >= 15 is 0 Å². The van der Waals surface area contributed by atoms with Crippen LogP contribution < -0.4 is 0 Å². The Labute approximate surface area is 633 Å². The van der Waals surface area contributed by atoms with Gasteiger partial charge in [0, 0.05) is 102 Å². The first kappa shape index (κ1) is 94.1. The first-order valence-corrected chi connectivity index (χ1v) is 32.1. The lowest BCUT2D eigenvalue weighted by Gasteiger charge is -2.07. The molecule has 0 saturated heterocycles. The quantitative estimate of drug-likeness (QED) is 0.148. The number of aromatic nitrogens is 8. The third kappa shape index (κ3) is 26.5. The van der Waals surface area contributed by atoms with E-state index in [0.29, 0.717) is 0 Å². The molecule has 0 saturated carbocycles. The summed E-state index contributed by atoms with van der Waals surface area (Å²) < 4.78 is 0. The number of para-hydroxylation sites is 8. The Kier molecular flexibility index (Phi) is 43.1. The standard InChI is InChI=1S/C12H13N.3C11H11N.3C10H9N.C9H7N.C2H6.9CH4.8H2/c1-8-9(2)11-6-4-5-7-12(11)13-10(8)3;1-8-7-12-11-6-4-3-5-10(11)9(8)2;1-8-7-10-5-3-4-6-11(10)12-9(8)2;1-8-7-9(2)12-11-6-4-3-5-10(8)11;1-8-6-9-4-2-3-5-10(9)11-7-8;1-8-6-7-11-10-5-3-2-4-9(8)10;1-8-6-7-9-4-2-3-5-10(9)11-8;1-2-6-9-8(4-1)5-3-7-10-9;1-2;;;;;;;;;;;;;;;;;/h4-7H,1-3H3;3*3-7H,1-2H3;3*2-7H,1H3;1-7H;1-2H3;9*1H4;8*1H/i;;;;;;;;;;;;;;;;;;8*1+1. The number of hydrogen-bond donors (Lipinski definition) is 0. The molecule has 0 aliphatic rings. The van der Waals surface area contributed by atoms with E-state index in [1.807, 2.05) is 199 Å². The number of aryl methyl sites for hydroxylation is 11. The molecule has 0 N–H and O–H groups in total. The zero-order valence-electron chi connectivity index (χ0n) is 57.0. The van der Waals surface area contributed by atoms with Crippen molar-refractivity contribution in [2.24, 2.45) is 0 Å². The fourth-order valence-corrected chi connectivity index (χ4v) is 10.4. The van der Waals surface area contributed by atoms with E-state index in [2.05, 4.69) is 205 Å². The second-order valence-electron chi connectivity index (χ2n) is 22.9. The average Bonchev–Trinajstić information content (AvgIpc) is 0.816. The SMILES string of the molecule is C.C.C.C.C.C.C.C.C.CC.Cc1cc(C)c2ccccc2n1.Cc1cc2ccccc2nc1C.Cc1ccc2ccccc2n1.Cc1ccnc2ccccc12.Cc1cnc2ccccc2c1.Cc1cnc2ccccc2c1C.Cc1nc2ccccc2c(C)c1C.[2HH].[2HH].[2HH].[2HH].[2HH].[2HH].[2HH].[2HH].c1ccc2ncccc2c1. The molecule has 0 radical (unpaired) electrons. The molecule has 0 spiro atoms. The molecule has 8 nitrogen and oxygen atoms in total. The summed E-state index contributed by atoms with van der Waals surface area (Å²) in [4.78, 5) is 34.9. The highest BCUT2D eigenvalue weighted by Crippen LogP contribution is 2.23. The fraction of sp³-hybridized carbons (Fsp3) is 0.242. The first-order chi connectivity index (χ1) is 45.6. The maximum Gasteiger partial charge on any atom is 0.0708 e. The first-order valence-electron chi connectivity index (χ1n) is 32.1. The Bertz CT molecular complexity index is 4950. The molecule has 558 valence electrons. The third-order valence-corrected chi connectivity index (χ3v) is 16.1. The van der Waals surface area contributed by atoms with Crippen LogP contribution in [0.2, 0.25) is 0 Å². The van der Waals surface area contributed by atoms with Crippen LogP contribution in [0.5, 0.6) is 0 Å². The molecule has 16 aromatic rings. The largest absolute Gasteiger partial charge is 0.256 e. The van der Waals surface area contributed by atoms with Crippen LogP contribution >= 0.6 is 0 Å². The number of pyridine rings is 8. The van der Waals surface area contributed by atoms with Gasteiger partial charge < -0.3 is 0 Å². The second kappa shape index (κ2) is 47.2. The molecule has 8 heterocycles. The lowest BCUT2D eigenvalue weighted by atomic mass is 10.0. The summed E-state index contributed by atoms with van der Waals surface area (Å²) in [7, 11) is 0. The van der Waals surface area contributed by atoms with Gasteiger partial charge in [0.15, 0.2) is 0 Å². The van der Waals surface area contributed by atoms with E-state index in [0.717, 1.165) is 66.9 Å². The minimum absolute atomic E-state index is 0. The molecule has 16 rings (SSSR count). The van der Waals surface area contributed by atoms with E-state index in [4.69, 9.17) is 0 Å². The summed E-state index contributed by atoms with van der Waals surface area (Å²) in [6.07, 6.45) is 7.47. The van der Waals surface area contributed by atoms with E-state index in [-0.39, 0.29) is 78.3 Å². The predicted octanol–water partition coefficient (Wildman–Crippen LogP) is 30.3. The summed E-state index contributed by atoms with van der Waals surface area (Å²) in [5, 5.41) is 9.87. The topological polar surface area (TPSA) is 103 Å². The van der Waals surface area contributed by atoms with Crippen molar-refractivity contribution in [3.05, 3.63) is 335 Å². The normalized spacial score (nSPS) is 9.34. The number of benzene rings is 8. The molecule has 0 aliphatic heterocycles. The molecule has 0 amide bonds. The van der Waals surface area contributed by atoms with Gasteiger partial charge in [0.25, 0.3) is 0 Å². The summed E-state index contributed by atoms with van der Waals surface area (Å²) in [6.45, 7) is 29.0. The van der Waals surface area contributed by atoms with Crippen molar-refractivity contribution < 1.29 is 11.4 Å². The highest BCUT2D eigenvalue weighted by molar-refractivity contribution is 5.86. The Morgan fingerprint density at radius 1 is 0.223 bits per heavy atom. The molecule has 0 aliphatic carbocycles. The van der Waals surface area contributed by atoms with Gasteiger partial charge in [-0.05, 0) is 213 Å². The van der Waals surface area contributed by atoms with Crippen LogP contribution in [0.15, 0.2) is 267 Å². The summed E-state index contributed by atoms with van der Waals surface area (Å²) >= 11 is 0. The monoisotopic (exact) mass is 1400 g/mol. The van der Waals surface area contributed by atoms with E-state index in [1.165, 1.54) is 87.6 Å². The van der Waals surface area contributed by atoms with Crippen LogP contribution in [0.25, 0.3) is 87.2 Å². The molecular formula is C95H138N8. The van der Waals surface area contributed by atoms with E-state index in [9.17, 15) is 0 Å². The van der Waals surface area contributed by atoms with Gasteiger partial charge in [-0.15, -0.1) is 0 Å². The number of hydrogen-bond acceptors (Lipinski definition) is 8. The molecule has 8 heteroatoms. The highest BCUT2D eigenvalue weighted by atomic mass is 14.7. The van der Waals surface area contributed by atoms with Crippen LogP contribution in [-0.2, 0) is 0 Å². The lowest BCUT2D eigenvalue weighted by Crippen LogP contribution is -1.92. The minimum Gasteiger partial charge on any atom is -0.256 e. The molecule has 0 unspecified atom stereocenters. The molecule has 0 bridgehead atoms. The van der Waals surface area contributed by atoms with Gasteiger partial charge in [-0.2, -0.15) is 0 Å². The molecular weight excluding hydrogens is 1250 g/mol. The van der Waals surface area contributed by atoms with Gasteiger partial charge in [0.05, 0.1) is 44.1 Å². The summed E-state index contributed by atoms with van der Waals surface area (Å²) in [6, 6.07) is 82.1. The number of fused-ring (bicyclic) bond motifs is 8. The smallest absolute Gasteiger partial charge is 0.0708 e. The maximum absolute atomic E-state index is 4.54. The van der Waals surface area contributed by atoms with Crippen molar-refractivity contribution in [1.29, 1.82) is 0 Å². The highest BCUT2D eigenvalue weighted by Gasteiger charge is 2.05. The van der Waals surface area contributed by atoms with Crippen molar-refractivity contribution >= 4 is 87.2 Å². The second-order valence-corrected chi connectivity index (χ2v) is 22.9. The Morgan fingerprint density at radius 3 is 1.16 bits per heavy atom. The Balaban J connectivity index is -0.000000128. The van der Waals surface area contributed by atoms with Crippen molar-refractivity contribution in [2.75, 3.05) is 0 Å². The summed E-state index contributed by atoms with van der Waals surface area (Å²) in [5.41, 5.74) is 23.4. The van der Waals surface area contributed by atoms with Crippen molar-refractivity contribution in [2.45, 2.75) is 164 Å². The predicted molar refractivity (Wildman–Crippen MR) is 480 cm³/mol. The summed E-state index contributed by atoms with van der Waals surface area (Å²) in [5.74, 6) is 0. The van der Waals surface area contributed by atoms with Gasteiger partial charge in [0.1, 0.15) is 0 Å². The van der Waals surface area contributed by atoms with Gasteiger partial charge in [-0.3, -0.25) is 39.9 Å². The van der Waals surface area contributed by atoms with Crippen molar-refractivity contribution in [3.8, 4) is 0 Å². The zero-order valence-corrected chi connectivity index (χ0v) is 57.0. The lowest BCUT2D eigenvalue weighted by molar-refractivity contribution is 1.17. The van der Waals surface area contributed by atoms with Gasteiger partial charge in [-0.25, -0.2) is 0 Å². The Morgan fingerprint density at radius 2 is 0.602 bits per heavy atom. The van der Waals surface area contributed by atoms with Crippen LogP contribution in [0.4, 0.5) is 0 Å². The minimum atomic E-state index is 0. The van der Waals surface area contributed by atoms with Gasteiger partial charge in [0.2, 0.25) is 0 Å². The van der Waals surface area contributed by atoms with Crippen LogP contribution in [0, 0.1) is 83.1 Å². The van der Waals surface area contributed by atoms with Gasteiger partial charge in [-0.1, -0.05) is 238 Å². The van der Waals surface area contributed by atoms with Gasteiger partial charge >= 0.3 is 0 Å². The molecule has 8 aromatic heterocycles. The average molecular weight is 1400 g/mol. The van der Waals surface area contributed by atoms with Crippen molar-refractivity contribution in [1.82, 2.24) is 39.9 Å². The number of nitrogens with zero attached hydrogens (tertiary/aromatic N) is 8. The van der Waals surface area contributed by atoms with E-state index < -0.39 is 0 Å². The van der Waals surface area contributed by atoms with Crippen LogP contribution in [-0.4, -0.2) is 39.9 Å². The van der Waals surface area contributed by atoms with Crippen LogP contribution in [0.3, 0.4) is 0 Å². The van der Waals surface area contributed by atoms with Crippen molar-refractivity contribution in [3.63, 3.8) is 0 Å². The maximum atomic E-state index is 4.54. The third-order valence-electron chi connectivity index (χ3n) is 16.1. The molecule has 0 atom stereocenters. The zero-order chi connectivity index (χ0) is 66.9. The van der Waals surface area contributed by atoms with E-state index in [1.54, 1.807) is 0 Å². The molecule has 8 aromatic carbocycles. The fourth-order valence-electron chi connectivity index (χ4n) is 10.4. The molecule has 103 heavy (non-hydrogen) atoms. The number of rotatable bonds is 0. The Hall–Kier alpha value is -11.0. The van der Waals surface area contributed by atoms with Crippen LogP contribution in [0.1, 0.15) is 159 Å². The molecule has 0 fully saturated rings.